The summed E-state index contributed by atoms with van der Waals surface area (Å²) in [6.07, 6.45) is 2.93. The first-order valence-corrected chi connectivity index (χ1v) is 6.41. The van der Waals surface area contributed by atoms with Crippen molar-refractivity contribution in [3.8, 4) is 0 Å². The lowest BCUT2D eigenvalue weighted by Gasteiger charge is -2.34. The lowest BCUT2D eigenvalue weighted by Crippen LogP contribution is -2.45. The van der Waals surface area contributed by atoms with Crippen molar-refractivity contribution in [1.29, 1.82) is 0 Å². The van der Waals surface area contributed by atoms with E-state index in [9.17, 15) is 9.90 Å². The number of aryl methyl sites for hydroxylation is 1. The van der Waals surface area contributed by atoms with Gasteiger partial charge in [-0.15, -0.1) is 0 Å². The summed E-state index contributed by atoms with van der Waals surface area (Å²) in [7, 11) is 0. The molecule has 0 aliphatic carbocycles. The largest absolute Gasteiger partial charge is 0.398 e. The van der Waals surface area contributed by atoms with Crippen LogP contribution in [-0.2, 0) is 0 Å². The number of nitrogen functional groups attached to an aromatic ring is 1. The molecule has 1 fully saturated rings. The molecule has 1 aliphatic heterocycles. The van der Waals surface area contributed by atoms with E-state index in [0.29, 0.717) is 17.8 Å². The summed E-state index contributed by atoms with van der Waals surface area (Å²) >= 11 is 0. The van der Waals surface area contributed by atoms with Crippen molar-refractivity contribution in [3.05, 3.63) is 29.3 Å². The first-order valence-electron chi connectivity index (χ1n) is 6.41. The lowest BCUT2D eigenvalue weighted by atomic mass is 10.0. The second-order valence-electron chi connectivity index (χ2n) is 4.92. The molecule has 4 heteroatoms. The van der Waals surface area contributed by atoms with Crippen LogP contribution in [0.4, 0.5) is 5.69 Å². The number of hydrogen-bond donors (Lipinski definition) is 2. The highest BCUT2D eigenvalue weighted by Crippen LogP contribution is 2.22. The Balaban J connectivity index is 2.24. The number of carbonyl (C=O) groups is 1. The number of piperidine rings is 1. The van der Waals surface area contributed by atoms with Crippen LogP contribution in [0.2, 0.25) is 0 Å². The maximum Gasteiger partial charge on any atom is 0.256 e. The summed E-state index contributed by atoms with van der Waals surface area (Å²) in [5.74, 6) is -0.0637. The fraction of sp³-hybridized carbons (Fsp3) is 0.500. The molecule has 0 radical (unpaired) electrons. The predicted octanol–water partition coefficient (Wildman–Crippen LogP) is 1.56. The van der Waals surface area contributed by atoms with E-state index in [0.717, 1.165) is 24.8 Å². The molecule has 4 nitrogen and oxygen atoms in total. The fourth-order valence-electron chi connectivity index (χ4n) is 2.49. The quantitative estimate of drug-likeness (QED) is 0.781. The highest BCUT2D eigenvalue weighted by Gasteiger charge is 2.27. The topological polar surface area (TPSA) is 66.6 Å². The SMILES string of the molecule is Cc1ccc(C(=O)N2CCCCC2CO)c(N)c1. The standard InChI is InChI=1S/C14H20N2O2/c1-10-5-6-12(13(15)8-10)14(18)16-7-3-2-4-11(16)9-17/h5-6,8,11,17H,2-4,7,9,15H2,1H3. The molecule has 0 bridgehead atoms. The van der Waals surface area contributed by atoms with Gasteiger partial charge in [-0.05, 0) is 43.9 Å². The zero-order chi connectivity index (χ0) is 13.1. The number of aliphatic hydroxyl groups excluding tert-OH is 1. The molecule has 1 saturated heterocycles. The number of benzene rings is 1. The number of amides is 1. The molecular weight excluding hydrogens is 228 g/mol. The molecule has 1 aliphatic rings. The van der Waals surface area contributed by atoms with Crippen molar-refractivity contribution in [2.75, 3.05) is 18.9 Å². The number of nitrogens with zero attached hydrogens (tertiary/aromatic N) is 1. The van der Waals surface area contributed by atoms with Gasteiger partial charge in [-0.2, -0.15) is 0 Å². The molecule has 0 saturated carbocycles. The molecule has 1 aromatic carbocycles. The molecule has 1 atom stereocenters. The number of aliphatic hydroxyl groups is 1. The van der Waals surface area contributed by atoms with Crippen LogP contribution in [0.5, 0.6) is 0 Å². The molecule has 98 valence electrons. The van der Waals surface area contributed by atoms with E-state index in [-0.39, 0.29) is 18.6 Å². The maximum absolute atomic E-state index is 12.4. The van der Waals surface area contributed by atoms with Gasteiger partial charge in [0.05, 0.1) is 18.2 Å². The summed E-state index contributed by atoms with van der Waals surface area (Å²) in [4.78, 5) is 14.2. The number of hydrogen-bond acceptors (Lipinski definition) is 3. The number of nitrogens with two attached hydrogens (primary N) is 1. The first kappa shape index (κ1) is 12.9. The van der Waals surface area contributed by atoms with E-state index >= 15 is 0 Å². The van der Waals surface area contributed by atoms with Crippen molar-refractivity contribution in [2.45, 2.75) is 32.2 Å². The van der Waals surface area contributed by atoms with Crippen molar-refractivity contribution in [2.24, 2.45) is 0 Å². The van der Waals surface area contributed by atoms with Crippen LogP contribution in [0.15, 0.2) is 18.2 Å². The Morgan fingerprint density at radius 2 is 2.28 bits per heavy atom. The third-order valence-corrected chi connectivity index (χ3v) is 3.54. The molecule has 1 unspecified atom stereocenters. The van der Waals surface area contributed by atoms with Crippen molar-refractivity contribution >= 4 is 11.6 Å². The predicted molar refractivity (Wildman–Crippen MR) is 71.4 cm³/mol. The number of anilines is 1. The van der Waals surface area contributed by atoms with Crippen LogP contribution in [0.25, 0.3) is 0 Å². The molecule has 1 amide bonds. The molecule has 1 heterocycles. The highest BCUT2D eigenvalue weighted by molar-refractivity contribution is 5.99. The molecular formula is C14H20N2O2. The minimum Gasteiger partial charge on any atom is -0.398 e. The van der Waals surface area contributed by atoms with E-state index in [2.05, 4.69) is 0 Å². The average molecular weight is 248 g/mol. The fourth-order valence-corrected chi connectivity index (χ4v) is 2.49. The smallest absolute Gasteiger partial charge is 0.256 e. The average Bonchev–Trinajstić information content (AvgIpc) is 2.38. The zero-order valence-electron chi connectivity index (χ0n) is 10.7. The molecule has 18 heavy (non-hydrogen) atoms. The van der Waals surface area contributed by atoms with Gasteiger partial charge in [0.15, 0.2) is 0 Å². The van der Waals surface area contributed by atoms with Gasteiger partial charge in [-0.25, -0.2) is 0 Å². The highest BCUT2D eigenvalue weighted by atomic mass is 16.3. The Hall–Kier alpha value is -1.55. The van der Waals surface area contributed by atoms with Crippen LogP contribution in [-0.4, -0.2) is 35.1 Å². The van der Waals surface area contributed by atoms with Crippen LogP contribution in [0.3, 0.4) is 0 Å². The van der Waals surface area contributed by atoms with Gasteiger partial charge < -0.3 is 15.7 Å². The number of rotatable bonds is 2. The third kappa shape index (κ3) is 2.48. The van der Waals surface area contributed by atoms with E-state index < -0.39 is 0 Å². The van der Waals surface area contributed by atoms with E-state index in [4.69, 9.17) is 5.73 Å². The molecule has 1 aromatic rings. The molecule has 3 N–H and O–H groups in total. The maximum atomic E-state index is 12.4. The summed E-state index contributed by atoms with van der Waals surface area (Å²) in [6, 6.07) is 5.41. The van der Waals surface area contributed by atoms with Gasteiger partial charge in [0.2, 0.25) is 0 Å². The third-order valence-electron chi connectivity index (χ3n) is 3.54. The van der Waals surface area contributed by atoms with Crippen LogP contribution < -0.4 is 5.73 Å². The Morgan fingerprint density at radius 1 is 1.50 bits per heavy atom. The van der Waals surface area contributed by atoms with E-state index in [1.54, 1.807) is 11.0 Å². The van der Waals surface area contributed by atoms with Gasteiger partial charge in [-0.1, -0.05) is 6.07 Å². The van der Waals surface area contributed by atoms with Gasteiger partial charge in [0, 0.05) is 12.2 Å². The van der Waals surface area contributed by atoms with Crippen LogP contribution >= 0.6 is 0 Å². The Morgan fingerprint density at radius 3 is 2.94 bits per heavy atom. The molecule has 0 aromatic heterocycles. The monoisotopic (exact) mass is 248 g/mol. The second kappa shape index (κ2) is 5.40. The Labute approximate surface area is 107 Å². The van der Waals surface area contributed by atoms with Gasteiger partial charge in [0.1, 0.15) is 0 Å². The minimum absolute atomic E-state index is 0.0253. The normalized spacial score (nSPS) is 19.9. The van der Waals surface area contributed by atoms with Crippen molar-refractivity contribution < 1.29 is 9.90 Å². The molecule has 0 spiro atoms. The van der Waals surface area contributed by atoms with Crippen LogP contribution in [0.1, 0.15) is 35.2 Å². The summed E-state index contributed by atoms with van der Waals surface area (Å²) in [6.45, 7) is 2.68. The zero-order valence-corrected chi connectivity index (χ0v) is 10.7. The summed E-state index contributed by atoms with van der Waals surface area (Å²) in [5, 5.41) is 9.35. The van der Waals surface area contributed by atoms with Crippen molar-refractivity contribution in [3.63, 3.8) is 0 Å². The van der Waals surface area contributed by atoms with E-state index in [1.807, 2.05) is 19.1 Å². The summed E-state index contributed by atoms with van der Waals surface area (Å²) in [5.41, 5.74) is 8.01. The Bertz CT molecular complexity index is 445. The number of carbonyl (C=O) groups excluding carboxylic acids is 1. The van der Waals surface area contributed by atoms with Gasteiger partial charge >= 0.3 is 0 Å². The van der Waals surface area contributed by atoms with Gasteiger partial charge in [-0.3, -0.25) is 4.79 Å². The van der Waals surface area contributed by atoms with Gasteiger partial charge in [0.25, 0.3) is 5.91 Å². The molecule has 2 rings (SSSR count). The summed E-state index contributed by atoms with van der Waals surface area (Å²) < 4.78 is 0. The minimum atomic E-state index is -0.0637. The first-order chi connectivity index (χ1) is 8.63. The second-order valence-corrected chi connectivity index (χ2v) is 4.92. The van der Waals surface area contributed by atoms with Crippen molar-refractivity contribution in [1.82, 2.24) is 4.90 Å². The van der Waals surface area contributed by atoms with E-state index in [1.165, 1.54) is 0 Å². The number of likely N-dealkylation sites (tertiary alicyclic amines) is 1. The Kier molecular flexibility index (Phi) is 3.87. The van der Waals surface area contributed by atoms with Crippen LogP contribution in [0, 0.1) is 6.92 Å². The lowest BCUT2D eigenvalue weighted by molar-refractivity contribution is 0.0504.